The summed E-state index contributed by atoms with van der Waals surface area (Å²) in [5, 5.41) is 18.9. The number of carbonyl (C=O) groups is 3. The molecule has 2 aromatic rings. The molecule has 3 amide bonds. The number of piperazine rings is 2. The number of nitrogens with one attached hydrogen (secondary N) is 2. The number of hydrogen-bond acceptors (Lipinski definition) is 5. The molecule has 8 nitrogen and oxygen atoms in total. The summed E-state index contributed by atoms with van der Waals surface area (Å²) in [4.78, 5) is 45.3. The first-order valence-electron chi connectivity index (χ1n) is 20.2. The van der Waals surface area contributed by atoms with Crippen molar-refractivity contribution in [1.82, 2.24) is 20.4 Å². The van der Waals surface area contributed by atoms with Gasteiger partial charge in [-0.15, -0.1) is 0 Å². The number of aliphatic hydroxyl groups excluding tert-OH is 1. The van der Waals surface area contributed by atoms with Crippen molar-refractivity contribution in [2.45, 2.75) is 122 Å². The number of amides is 3. The number of benzene rings is 2. The number of rotatable bonds is 12. The molecule has 0 radical (unpaired) electrons. The van der Waals surface area contributed by atoms with E-state index >= 15 is 0 Å². The SMILES string of the molecule is CC(C)C[C@H]1C(=O)N[C@@H](C(C)CC(C)C[C@H]2C(=O)NC(=C3CCCC3)CN2C(O)[C@@H]2C[C@H]2c2ccc(Cl)cc2F)CN1C(=O)[C@@H]1C[C@H]1c1ccc(Cl)cc1F. The molecule has 10 atom stereocenters. The lowest BCUT2D eigenvalue weighted by molar-refractivity contribution is -0.147. The van der Waals surface area contributed by atoms with Crippen molar-refractivity contribution in [3.8, 4) is 0 Å². The summed E-state index contributed by atoms with van der Waals surface area (Å²) in [7, 11) is 0. The van der Waals surface area contributed by atoms with Gasteiger partial charge in [0.05, 0.1) is 6.04 Å². The maximum atomic E-state index is 14.9. The first kappa shape index (κ1) is 40.2. The van der Waals surface area contributed by atoms with Gasteiger partial charge in [0, 0.05) is 46.7 Å². The van der Waals surface area contributed by atoms with E-state index in [1.165, 1.54) is 17.7 Å². The number of aliphatic hydroxyl groups is 1. The number of carbonyl (C=O) groups excluding carboxylic acids is 3. The number of hydrogen-bond donors (Lipinski definition) is 3. The highest BCUT2D eigenvalue weighted by molar-refractivity contribution is 6.30. The third kappa shape index (κ3) is 8.78. The van der Waals surface area contributed by atoms with Crippen LogP contribution in [0.1, 0.15) is 108 Å². The molecule has 3 aliphatic carbocycles. The Morgan fingerprint density at radius 2 is 1.53 bits per heavy atom. The second-order valence-electron chi connectivity index (χ2n) is 17.5. The van der Waals surface area contributed by atoms with Crippen LogP contribution in [0.25, 0.3) is 0 Å². The second kappa shape index (κ2) is 16.4. The zero-order valence-corrected chi connectivity index (χ0v) is 33.7. The van der Waals surface area contributed by atoms with Crippen LogP contribution in [0.4, 0.5) is 8.78 Å². The molecule has 5 fully saturated rings. The summed E-state index contributed by atoms with van der Waals surface area (Å²) in [5.41, 5.74) is 3.14. The van der Waals surface area contributed by atoms with Crippen LogP contribution in [0, 0.1) is 41.2 Å². The van der Waals surface area contributed by atoms with Gasteiger partial charge in [-0.3, -0.25) is 19.3 Å². The first-order valence-corrected chi connectivity index (χ1v) is 20.9. The Balaban J connectivity index is 1.03. The molecule has 12 heteroatoms. The van der Waals surface area contributed by atoms with Crippen LogP contribution >= 0.6 is 23.2 Å². The maximum Gasteiger partial charge on any atom is 0.243 e. The second-order valence-corrected chi connectivity index (χ2v) is 18.3. The monoisotopic (exact) mass is 798 g/mol. The third-order valence-electron chi connectivity index (χ3n) is 12.8. The van der Waals surface area contributed by atoms with Gasteiger partial charge in [-0.2, -0.15) is 0 Å². The predicted molar refractivity (Wildman–Crippen MR) is 209 cm³/mol. The fourth-order valence-corrected chi connectivity index (χ4v) is 9.96. The minimum absolute atomic E-state index is 0.0278. The number of allylic oxidation sites excluding steroid dienone is 1. The van der Waals surface area contributed by atoms with Crippen LogP contribution in [-0.4, -0.2) is 70.1 Å². The quantitative estimate of drug-likeness (QED) is 0.203. The van der Waals surface area contributed by atoms with Crippen LogP contribution in [-0.2, 0) is 14.4 Å². The number of halogens is 4. The van der Waals surface area contributed by atoms with Crippen LogP contribution in [0.2, 0.25) is 10.0 Å². The van der Waals surface area contributed by atoms with Gasteiger partial charge in [-0.05, 0) is 128 Å². The molecule has 2 saturated heterocycles. The largest absolute Gasteiger partial charge is 0.378 e. The average molecular weight is 800 g/mol. The zero-order chi connectivity index (χ0) is 39.3. The topological polar surface area (TPSA) is 102 Å². The molecule has 55 heavy (non-hydrogen) atoms. The third-order valence-corrected chi connectivity index (χ3v) is 13.3. The molecule has 5 aliphatic rings. The highest BCUT2D eigenvalue weighted by atomic mass is 35.5. The molecule has 0 spiro atoms. The summed E-state index contributed by atoms with van der Waals surface area (Å²) in [6, 6.07) is 7.76. The van der Waals surface area contributed by atoms with E-state index in [1.807, 2.05) is 18.7 Å². The number of nitrogens with zero attached hydrogens (tertiary/aromatic N) is 2. The van der Waals surface area contributed by atoms with Crippen molar-refractivity contribution in [3.63, 3.8) is 0 Å². The predicted octanol–water partition coefficient (Wildman–Crippen LogP) is 7.92. The highest BCUT2D eigenvalue weighted by Gasteiger charge is 2.52. The molecule has 3 N–H and O–H groups in total. The Hall–Kier alpha value is -3.05. The summed E-state index contributed by atoms with van der Waals surface area (Å²) in [6.07, 6.45) is 5.94. The van der Waals surface area contributed by atoms with Gasteiger partial charge in [0.2, 0.25) is 17.7 Å². The van der Waals surface area contributed by atoms with Gasteiger partial charge in [-0.25, -0.2) is 8.78 Å². The van der Waals surface area contributed by atoms with E-state index in [4.69, 9.17) is 23.2 Å². The van der Waals surface area contributed by atoms with E-state index < -0.39 is 24.1 Å². The molecule has 3 unspecified atom stereocenters. The van der Waals surface area contributed by atoms with E-state index in [-0.39, 0.29) is 71.0 Å². The van der Waals surface area contributed by atoms with Crippen LogP contribution in [0.15, 0.2) is 47.7 Å². The Labute approximate surface area is 333 Å². The summed E-state index contributed by atoms with van der Waals surface area (Å²) in [5.74, 6) is -2.03. The van der Waals surface area contributed by atoms with Crippen molar-refractivity contribution >= 4 is 40.9 Å². The van der Waals surface area contributed by atoms with E-state index in [2.05, 4.69) is 24.5 Å². The molecular weight excluding hydrogens is 745 g/mol. The van der Waals surface area contributed by atoms with Crippen molar-refractivity contribution in [3.05, 3.63) is 80.5 Å². The Bertz CT molecular complexity index is 1830. The van der Waals surface area contributed by atoms with Gasteiger partial charge in [-0.1, -0.05) is 63.0 Å². The zero-order valence-electron chi connectivity index (χ0n) is 32.2. The Kier molecular flexibility index (Phi) is 12.0. The maximum absolute atomic E-state index is 14.9. The lowest BCUT2D eigenvalue weighted by Crippen LogP contribution is -2.63. The fourth-order valence-electron chi connectivity index (χ4n) is 9.64. The normalized spacial score (nSPS) is 29.9. The minimum atomic E-state index is -0.930. The van der Waals surface area contributed by atoms with E-state index in [0.29, 0.717) is 66.4 Å². The van der Waals surface area contributed by atoms with E-state index in [1.54, 1.807) is 29.2 Å². The Morgan fingerprint density at radius 1 is 0.891 bits per heavy atom. The van der Waals surface area contributed by atoms with Crippen molar-refractivity contribution in [2.75, 3.05) is 13.1 Å². The molecule has 2 aromatic carbocycles. The van der Waals surface area contributed by atoms with E-state index in [0.717, 1.165) is 31.4 Å². The van der Waals surface area contributed by atoms with Gasteiger partial charge in [0.15, 0.2) is 0 Å². The van der Waals surface area contributed by atoms with Crippen LogP contribution in [0.5, 0.6) is 0 Å². The molecule has 0 aromatic heterocycles. The molecule has 7 rings (SSSR count). The lowest BCUT2D eigenvalue weighted by Gasteiger charge is -2.43. The van der Waals surface area contributed by atoms with Crippen molar-refractivity contribution in [2.24, 2.45) is 29.6 Å². The van der Waals surface area contributed by atoms with Gasteiger partial charge < -0.3 is 20.6 Å². The van der Waals surface area contributed by atoms with E-state index in [9.17, 15) is 28.3 Å². The summed E-state index contributed by atoms with van der Waals surface area (Å²) in [6.45, 7) is 9.01. The Morgan fingerprint density at radius 3 is 2.15 bits per heavy atom. The van der Waals surface area contributed by atoms with Crippen LogP contribution < -0.4 is 10.6 Å². The van der Waals surface area contributed by atoms with Gasteiger partial charge in [0.25, 0.3) is 0 Å². The van der Waals surface area contributed by atoms with Gasteiger partial charge in [0.1, 0.15) is 23.9 Å². The van der Waals surface area contributed by atoms with Gasteiger partial charge >= 0.3 is 0 Å². The molecule has 2 aliphatic heterocycles. The summed E-state index contributed by atoms with van der Waals surface area (Å²) >= 11 is 12.0. The molecule has 298 valence electrons. The minimum Gasteiger partial charge on any atom is -0.378 e. The van der Waals surface area contributed by atoms with Crippen molar-refractivity contribution in [1.29, 1.82) is 0 Å². The van der Waals surface area contributed by atoms with Crippen molar-refractivity contribution < 1.29 is 28.3 Å². The first-order chi connectivity index (χ1) is 26.2. The average Bonchev–Trinajstić information content (AvgIpc) is 4.03. The smallest absolute Gasteiger partial charge is 0.243 e. The fraction of sp³-hybridized carbons (Fsp3) is 0.605. The molecule has 3 saturated carbocycles. The molecule has 2 heterocycles. The standard InChI is InChI=1S/C43H54Cl2F2N4O4/c1-22(2)13-38-40(52)48-36(20-50(38)42(54)32-18-30(32)28-11-9-26(44)16-34(28)46)24(4)14-23(3)15-39-41(53)49-37(25-7-5-6-8-25)21-51(39)43(55)33-19-31(33)29-12-10-27(45)17-35(29)47/h9-12,16-17,22-24,30-33,36,38-39,43,55H,5-8,13-15,18-21H2,1-4H3,(H,48,52)(H,49,53)/t23?,24?,30-,31-,32+,33+,36+,38-,39-,43?/m0/s1. The van der Waals surface area contributed by atoms with Crippen LogP contribution in [0.3, 0.4) is 0 Å². The molecule has 0 bridgehead atoms. The molecular formula is C43H54Cl2F2N4O4. The lowest BCUT2D eigenvalue weighted by atomic mass is 9.84. The summed E-state index contributed by atoms with van der Waals surface area (Å²) < 4.78 is 29.7. The highest BCUT2D eigenvalue weighted by Crippen LogP contribution is 2.52.